The fourth-order valence-corrected chi connectivity index (χ4v) is 2.90. The van der Waals surface area contributed by atoms with E-state index < -0.39 is 11.1 Å². The molecule has 0 aromatic carbocycles. The minimum absolute atomic E-state index is 0.190. The summed E-state index contributed by atoms with van der Waals surface area (Å²) in [6.07, 6.45) is -0.274. The summed E-state index contributed by atoms with van der Waals surface area (Å²) in [6.45, 7) is 11.3. The minimum atomic E-state index is -0.542. The van der Waals surface area contributed by atoms with Crippen molar-refractivity contribution in [3.8, 4) is 6.07 Å². The lowest BCUT2D eigenvalue weighted by Crippen LogP contribution is -2.60. The van der Waals surface area contributed by atoms with Crippen LogP contribution in [-0.2, 0) is 9.47 Å². The minimum Gasteiger partial charge on any atom is -0.444 e. The number of piperazine rings is 1. The van der Waals surface area contributed by atoms with Crippen molar-refractivity contribution in [1.82, 2.24) is 9.80 Å². The zero-order chi connectivity index (χ0) is 15.7. The Kier molecular flexibility index (Phi) is 4.45. The van der Waals surface area contributed by atoms with Crippen LogP contribution in [0.5, 0.6) is 0 Å². The van der Waals surface area contributed by atoms with E-state index in [1.54, 1.807) is 4.90 Å². The van der Waals surface area contributed by atoms with Crippen molar-refractivity contribution in [2.45, 2.75) is 38.8 Å². The third-order valence-electron chi connectivity index (χ3n) is 4.19. The van der Waals surface area contributed by atoms with Gasteiger partial charge in [-0.2, -0.15) is 5.26 Å². The van der Waals surface area contributed by atoms with Gasteiger partial charge in [0.2, 0.25) is 0 Å². The van der Waals surface area contributed by atoms with Gasteiger partial charge in [-0.15, -0.1) is 0 Å². The van der Waals surface area contributed by atoms with Crippen molar-refractivity contribution >= 4 is 6.09 Å². The first-order valence-corrected chi connectivity index (χ1v) is 7.50. The van der Waals surface area contributed by atoms with Gasteiger partial charge in [-0.1, -0.05) is 6.92 Å². The summed E-state index contributed by atoms with van der Waals surface area (Å²) in [4.78, 5) is 15.9. The third kappa shape index (κ3) is 3.30. The maximum absolute atomic E-state index is 12.1. The average molecular weight is 295 g/mol. The molecule has 0 aromatic rings. The summed E-state index contributed by atoms with van der Waals surface area (Å²) in [5.74, 6) is 0.190. The highest BCUT2D eigenvalue weighted by Crippen LogP contribution is 2.32. The summed E-state index contributed by atoms with van der Waals surface area (Å²) in [5.41, 5.74) is -1.02. The number of carbonyl (C=O) groups is 1. The van der Waals surface area contributed by atoms with Gasteiger partial charge in [0.15, 0.2) is 0 Å². The summed E-state index contributed by atoms with van der Waals surface area (Å²) >= 11 is 0. The number of rotatable bonds is 1. The molecule has 21 heavy (non-hydrogen) atoms. The Morgan fingerprint density at radius 1 is 1.33 bits per heavy atom. The van der Waals surface area contributed by atoms with E-state index in [0.29, 0.717) is 39.4 Å². The molecule has 2 fully saturated rings. The number of amides is 1. The molecule has 6 heteroatoms. The first kappa shape index (κ1) is 16.1. The SMILES string of the molecule is CC1COCC1(C#N)N1CCN(C(=O)OC(C)(C)C)CC1. The molecule has 2 unspecified atom stereocenters. The van der Waals surface area contributed by atoms with Gasteiger partial charge in [-0.25, -0.2) is 4.79 Å². The van der Waals surface area contributed by atoms with Crippen LogP contribution in [0.1, 0.15) is 27.7 Å². The molecule has 2 heterocycles. The lowest BCUT2D eigenvalue weighted by Gasteiger charge is -2.43. The topological polar surface area (TPSA) is 65.8 Å². The Morgan fingerprint density at radius 3 is 2.38 bits per heavy atom. The second-order valence-electron chi connectivity index (χ2n) is 6.91. The highest BCUT2D eigenvalue weighted by atomic mass is 16.6. The Hall–Kier alpha value is -1.32. The van der Waals surface area contributed by atoms with Crippen LogP contribution in [0.3, 0.4) is 0 Å². The molecule has 0 bridgehead atoms. The standard InChI is InChI=1S/C15H25N3O3/c1-12-9-20-11-15(12,10-16)18-7-5-17(6-8-18)13(19)21-14(2,3)4/h12H,5-9,11H2,1-4H3. The largest absolute Gasteiger partial charge is 0.444 e. The van der Waals surface area contributed by atoms with E-state index in [1.807, 2.05) is 20.8 Å². The fourth-order valence-electron chi connectivity index (χ4n) is 2.90. The summed E-state index contributed by atoms with van der Waals surface area (Å²) in [5, 5.41) is 9.59. The molecule has 1 amide bonds. The van der Waals surface area contributed by atoms with Crippen molar-refractivity contribution < 1.29 is 14.3 Å². The molecule has 2 aliphatic heterocycles. The van der Waals surface area contributed by atoms with Gasteiger partial charge < -0.3 is 14.4 Å². The number of hydrogen-bond donors (Lipinski definition) is 0. The molecule has 2 saturated heterocycles. The van der Waals surface area contributed by atoms with Crippen LogP contribution in [0.4, 0.5) is 4.79 Å². The fraction of sp³-hybridized carbons (Fsp3) is 0.867. The molecule has 2 aliphatic rings. The number of ether oxygens (including phenoxy) is 2. The first-order chi connectivity index (χ1) is 9.78. The lowest BCUT2D eigenvalue weighted by atomic mass is 9.87. The van der Waals surface area contributed by atoms with Gasteiger partial charge in [0, 0.05) is 32.1 Å². The lowest BCUT2D eigenvalue weighted by molar-refractivity contribution is 0.0000871. The second kappa shape index (κ2) is 5.82. The maximum atomic E-state index is 12.1. The molecule has 0 aliphatic carbocycles. The highest BCUT2D eigenvalue weighted by molar-refractivity contribution is 5.68. The normalized spacial score (nSPS) is 31.0. The van der Waals surface area contributed by atoms with Crippen LogP contribution in [-0.4, -0.2) is 66.4 Å². The van der Waals surface area contributed by atoms with Gasteiger partial charge in [0.25, 0.3) is 0 Å². The molecular formula is C15H25N3O3. The van der Waals surface area contributed by atoms with Crippen LogP contribution >= 0.6 is 0 Å². The van der Waals surface area contributed by atoms with Crippen LogP contribution in [0.25, 0.3) is 0 Å². The van der Waals surface area contributed by atoms with Crippen LogP contribution in [0, 0.1) is 17.2 Å². The van der Waals surface area contributed by atoms with Crippen LogP contribution in [0.15, 0.2) is 0 Å². The molecule has 0 spiro atoms. The predicted octanol–water partition coefficient (Wildman–Crippen LogP) is 1.47. The molecule has 0 radical (unpaired) electrons. The van der Waals surface area contributed by atoms with E-state index in [1.165, 1.54) is 0 Å². The number of nitriles is 1. The molecule has 2 rings (SSSR count). The van der Waals surface area contributed by atoms with E-state index in [-0.39, 0.29) is 12.0 Å². The second-order valence-corrected chi connectivity index (χ2v) is 6.91. The van der Waals surface area contributed by atoms with Crippen molar-refractivity contribution in [2.75, 3.05) is 39.4 Å². The van der Waals surface area contributed by atoms with Gasteiger partial charge >= 0.3 is 6.09 Å². The quantitative estimate of drug-likeness (QED) is 0.733. The zero-order valence-electron chi connectivity index (χ0n) is 13.4. The monoisotopic (exact) mass is 295 g/mol. The van der Waals surface area contributed by atoms with Gasteiger partial charge in [0.05, 0.1) is 19.3 Å². The summed E-state index contributed by atoms with van der Waals surface area (Å²) < 4.78 is 10.9. The average Bonchev–Trinajstić information content (AvgIpc) is 2.79. The number of hydrogen-bond acceptors (Lipinski definition) is 5. The maximum Gasteiger partial charge on any atom is 0.410 e. The number of carbonyl (C=O) groups excluding carboxylic acids is 1. The third-order valence-corrected chi connectivity index (χ3v) is 4.19. The van der Waals surface area contributed by atoms with Crippen molar-refractivity contribution in [2.24, 2.45) is 5.92 Å². The molecule has 0 saturated carbocycles. The van der Waals surface area contributed by atoms with E-state index in [0.717, 1.165) is 0 Å². The first-order valence-electron chi connectivity index (χ1n) is 7.50. The van der Waals surface area contributed by atoms with E-state index >= 15 is 0 Å². The Labute approximate surface area is 126 Å². The van der Waals surface area contributed by atoms with Gasteiger partial charge in [0.1, 0.15) is 11.1 Å². The van der Waals surface area contributed by atoms with E-state index in [4.69, 9.17) is 9.47 Å². The van der Waals surface area contributed by atoms with E-state index in [2.05, 4.69) is 17.9 Å². The Bertz CT molecular complexity index is 432. The number of nitrogens with zero attached hydrogens (tertiary/aromatic N) is 3. The van der Waals surface area contributed by atoms with Crippen molar-refractivity contribution in [3.05, 3.63) is 0 Å². The van der Waals surface area contributed by atoms with Crippen LogP contribution < -0.4 is 0 Å². The summed E-state index contributed by atoms with van der Waals surface area (Å²) in [6, 6.07) is 2.45. The zero-order valence-corrected chi connectivity index (χ0v) is 13.4. The molecule has 0 N–H and O–H groups in total. The highest BCUT2D eigenvalue weighted by Gasteiger charge is 2.48. The Balaban J connectivity index is 1.94. The predicted molar refractivity (Wildman–Crippen MR) is 77.7 cm³/mol. The Morgan fingerprint density at radius 2 is 1.95 bits per heavy atom. The van der Waals surface area contributed by atoms with Gasteiger partial charge in [-0.3, -0.25) is 4.90 Å². The molecule has 118 valence electrons. The van der Waals surface area contributed by atoms with Crippen LogP contribution in [0.2, 0.25) is 0 Å². The van der Waals surface area contributed by atoms with Gasteiger partial charge in [-0.05, 0) is 20.8 Å². The molecule has 2 atom stereocenters. The molecule has 6 nitrogen and oxygen atoms in total. The summed E-state index contributed by atoms with van der Waals surface area (Å²) in [7, 11) is 0. The smallest absolute Gasteiger partial charge is 0.410 e. The van der Waals surface area contributed by atoms with Crippen molar-refractivity contribution in [3.63, 3.8) is 0 Å². The molecular weight excluding hydrogens is 270 g/mol. The molecule has 0 aromatic heterocycles. The van der Waals surface area contributed by atoms with Crippen molar-refractivity contribution in [1.29, 1.82) is 5.26 Å². The van der Waals surface area contributed by atoms with E-state index in [9.17, 15) is 10.1 Å².